The van der Waals surface area contributed by atoms with E-state index < -0.39 is 23.5 Å². The molecule has 9 heteroatoms. The summed E-state index contributed by atoms with van der Waals surface area (Å²) in [6.45, 7) is 8.88. The molecule has 1 aliphatic heterocycles. The Morgan fingerprint density at radius 1 is 1.05 bits per heavy atom. The second-order valence-corrected chi connectivity index (χ2v) is 11.3. The number of hydrogen-bond acceptors (Lipinski definition) is 7. The molecular formula is C32H31FN2O5S. The maximum Gasteiger partial charge on any atom is 0.301 e. The minimum absolute atomic E-state index is 0.0692. The van der Waals surface area contributed by atoms with Crippen molar-refractivity contribution in [2.75, 3.05) is 18.1 Å². The van der Waals surface area contributed by atoms with E-state index in [0.717, 1.165) is 23.3 Å². The number of ether oxygens (including phenoxy) is 2. The zero-order chi connectivity index (χ0) is 29.3. The summed E-state index contributed by atoms with van der Waals surface area (Å²) in [6.07, 6.45) is 0.863. The number of anilines is 1. The number of fused-ring (bicyclic) bond motifs is 1. The van der Waals surface area contributed by atoms with Crippen molar-refractivity contribution in [2.24, 2.45) is 5.92 Å². The van der Waals surface area contributed by atoms with E-state index in [9.17, 15) is 19.1 Å². The second-order valence-electron chi connectivity index (χ2n) is 10.3. The molecule has 4 aromatic rings. The number of Topliss-reactive ketones (excluding diaryl/α,β-unsaturated/α-hetero) is 1. The average Bonchev–Trinajstić information content (AvgIpc) is 3.47. The van der Waals surface area contributed by atoms with Crippen molar-refractivity contribution in [3.8, 4) is 11.5 Å². The molecule has 1 unspecified atom stereocenters. The van der Waals surface area contributed by atoms with Gasteiger partial charge in [0.15, 0.2) is 16.6 Å². The Balaban J connectivity index is 1.67. The summed E-state index contributed by atoms with van der Waals surface area (Å²) in [7, 11) is 0. The Morgan fingerprint density at radius 2 is 1.80 bits per heavy atom. The Kier molecular flexibility index (Phi) is 8.08. The molecule has 0 aliphatic carbocycles. The van der Waals surface area contributed by atoms with Crippen molar-refractivity contribution in [1.82, 2.24) is 4.98 Å². The first-order chi connectivity index (χ1) is 19.7. The van der Waals surface area contributed by atoms with Gasteiger partial charge in [-0.1, -0.05) is 61.1 Å². The molecule has 1 N–H and O–H groups in total. The number of carbonyl (C=O) groups is 2. The fourth-order valence-electron chi connectivity index (χ4n) is 4.69. The lowest BCUT2D eigenvalue weighted by Crippen LogP contribution is -2.29. The van der Waals surface area contributed by atoms with E-state index in [1.54, 1.807) is 30.3 Å². The Labute approximate surface area is 241 Å². The number of aryl methyl sites for hydroxylation is 1. The number of ketones is 1. The highest BCUT2D eigenvalue weighted by molar-refractivity contribution is 7.22. The molecule has 1 saturated heterocycles. The van der Waals surface area contributed by atoms with Crippen molar-refractivity contribution in [3.63, 3.8) is 0 Å². The number of rotatable bonds is 9. The zero-order valence-corrected chi connectivity index (χ0v) is 24.1. The lowest BCUT2D eigenvalue weighted by molar-refractivity contribution is -0.132. The topological polar surface area (TPSA) is 89.0 Å². The van der Waals surface area contributed by atoms with Crippen LogP contribution in [0.1, 0.15) is 49.9 Å². The Hall–Kier alpha value is -4.24. The van der Waals surface area contributed by atoms with Crippen LogP contribution in [0.5, 0.6) is 11.5 Å². The first-order valence-corrected chi connectivity index (χ1v) is 14.3. The molecule has 1 amide bonds. The van der Waals surface area contributed by atoms with Crippen LogP contribution >= 0.6 is 11.3 Å². The molecule has 1 aliphatic rings. The maximum absolute atomic E-state index is 14.0. The molecule has 2 heterocycles. The fourth-order valence-corrected chi connectivity index (χ4v) is 5.71. The molecule has 41 heavy (non-hydrogen) atoms. The van der Waals surface area contributed by atoms with E-state index in [0.29, 0.717) is 52.0 Å². The van der Waals surface area contributed by atoms with Crippen LogP contribution in [0.15, 0.2) is 66.2 Å². The molecule has 1 atom stereocenters. The minimum atomic E-state index is -1.01. The molecular weight excluding hydrogens is 543 g/mol. The maximum atomic E-state index is 14.0. The van der Waals surface area contributed by atoms with Crippen molar-refractivity contribution in [3.05, 3.63) is 88.7 Å². The number of hydrogen-bond donors (Lipinski definition) is 1. The molecule has 3 aromatic carbocycles. The van der Waals surface area contributed by atoms with Gasteiger partial charge in [-0.25, -0.2) is 9.37 Å². The molecule has 0 saturated carbocycles. The summed E-state index contributed by atoms with van der Waals surface area (Å²) in [5.41, 5.74) is 2.34. The van der Waals surface area contributed by atoms with Crippen molar-refractivity contribution in [2.45, 2.75) is 40.2 Å². The van der Waals surface area contributed by atoms with Crippen LogP contribution in [-0.2, 0) is 9.59 Å². The van der Waals surface area contributed by atoms with Crippen molar-refractivity contribution < 1.29 is 28.6 Å². The van der Waals surface area contributed by atoms with E-state index in [1.165, 1.54) is 23.1 Å². The quantitative estimate of drug-likeness (QED) is 0.129. The largest absolute Gasteiger partial charge is 0.507 e. The third kappa shape index (κ3) is 5.67. The van der Waals surface area contributed by atoms with Gasteiger partial charge >= 0.3 is 5.91 Å². The molecule has 0 spiro atoms. The first kappa shape index (κ1) is 28.3. The number of amides is 1. The summed E-state index contributed by atoms with van der Waals surface area (Å²) in [5, 5.41) is 11.6. The van der Waals surface area contributed by atoms with E-state index >= 15 is 0 Å². The monoisotopic (exact) mass is 574 g/mol. The number of nitrogens with zero attached hydrogens (tertiary/aromatic N) is 2. The van der Waals surface area contributed by atoms with Crippen LogP contribution in [0.4, 0.5) is 9.52 Å². The van der Waals surface area contributed by atoms with Crippen molar-refractivity contribution in [1.29, 1.82) is 0 Å². The summed E-state index contributed by atoms with van der Waals surface area (Å²) in [6, 6.07) is 15.4. The smallest absolute Gasteiger partial charge is 0.301 e. The van der Waals surface area contributed by atoms with Gasteiger partial charge in [-0.2, -0.15) is 0 Å². The van der Waals surface area contributed by atoms with Gasteiger partial charge in [0.1, 0.15) is 11.6 Å². The van der Waals surface area contributed by atoms with Gasteiger partial charge in [0.05, 0.1) is 35.0 Å². The lowest BCUT2D eigenvalue weighted by atomic mass is 9.95. The average molecular weight is 575 g/mol. The molecule has 5 rings (SSSR count). The van der Waals surface area contributed by atoms with Gasteiger partial charge in [0.2, 0.25) is 0 Å². The van der Waals surface area contributed by atoms with Crippen LogP contribution < -0.4 is 14.4 Å². The third-order valence-electron chi connectivity index (χ3n) is 6.85. The van der Waals surface area contributed by atoms with Gasteiger partial charge in [-0.05, 0) is 62.1 Å². The van der Waals surface area contributed by atoms with Gasteiger partial charge in [0.25, 0.3) is 5.78 Å². The number of halogens is 1. The zero-order valence-electron chi connectivity index (χ0n) is 23.3. The summed E-state index contributed by atoms with van der Waals surface area (Å²) < 4.78 is 26.4. The van der Waals surface area contributed by atoms with Crippen LogP contribution in [0.2, 0.25) is 0 Å². The van der Waals surface area contributed by atoms with Crippen LogP contribution in [0.3, 0.4) is 0 Å². The SMILES string of the molecule is CCOc1cc(C2/C(=C(\O)c3ccc(C)cc3)C(=O)C(=O)N2c2nc3ccc(F)cc3s2)ccc1OCCC(C)C. The van der Waals surface area contributed by atoms with E-state index in [-0.39, 0.29) is 16.5 Å². The van der Waals surface area contributed by atoms with Crippen LogP contribution in [0, 0.1) is 18.7 Å². The number of aliphatic hydroxyl groups is 1. The lowest BCUT2D eigenvalue weighted by Gasteiger charge is -2.24. The summed E-state index contributed by atoms with van der Waals surface area (Å²) in [5.74, 6) is -0.928. The van der Waals surface area contributed by atoms with Gasteiger partial charge < -0.3 is 14.6 Å². The molecule has 212 valence electrons. The Bertz CT molecular complexity index is 1640. The molecule has 0 radical (unpaired) electrons. The summed E-state index contributed by atoms with van der Waals surface area (Å²) in [4.78, 5) is 33.0. The van der Waals surface area contributed by atoms with E-state index in [1.807, 2.05) is 26.0 Å². The number of thiazole rings is 1. The summed E-state index contributed by atoms with van der Waals surface area (Å²) >= 11 is 1.10. The van der Waals surface area contributed by atoms with Crippen LogP contribution in [0.25, 0.3) is 16.0 Å². The molecule has 1 fully saturated rings. The van der Waals surface area contributed by atoms with Gasteiger partial charge in [0, 0.05) is 5.56 Å². The third-order valence-corrected chi connectivity index (χ3v) is 7.87. The van der Waals surface area contributed by atoms with E-state index in [2.05, 4.69) is 18.8 Å². The molecule has 0 bridgehead atoms. The number of benzene rings is 3. The van der Waals surface area contributed by atoms with Gasteiger partial charge in [-0.3, -0.25) is 14.5 Å². The first-order valence-electron chi connectivity index (χ1n) is 13.5. The predicted molar refractivity (Wildman–Crippen MR) is 158 cm³/mol. The van der Waals surface area contributed by atoms with Gasteiger partial charge in [-0.15, -0.1) is 0 Å². The number of aliphatic hydroxyl groups excluding tert-OH is 1. The van der Waals surface area contributed by atoms with E-state index in [4.69, 9.17) is 9.47 Å². The van der Waals surface area contributed by atoms with Crippen LogP contribution in [-0.4, -0.2) is 35.0 Å². The van der Waals surface area contributed by atoms with Crippen molar-refractivity contribution >= 4 is 44.1 Å². The molecule has 7 nitrogen and oxygen atoms in total. The fraction of sp³-hybridized carbons (Fsp3) is 0.281. The predicted octanol–water partition coefficient (Wildman–Crippen LogP) is 7.19. The molecule has 1 aromatic heterocycles. The number of carbonyl (C=O) groups excluding carboxylic acids is 2. The Morgan fingerprint density at radius 3 is 2.51 bits per heavy atom. The number of aromatic nitrogens is 1. The highest BCUT2D eigenvalue weighted by Gasteiger charge is 2.48. The highest BCUT2D eigenvalue weighted by atomic mass is 32.1. The minimum Gasteiger partial charge on any atom is -0.507 e. The second kappa shape index (κ2) is 11.7. The standard InChI is InChI=1S/C32H31FN2O5S/c1-5-39-25-16-21(10-13-24(25)40-15-14-18(2)3)28-27(29(36)20-8-6-19(4)7-9-20)30(37)31(38)35(28)32-34-23-12-11-22(33)17-26(23)41-32/h6-13,16-18,28,36H,5,14-15H2,1-4H3/b29-27+. The normalized spacial score (nSPS) is 16.6. The highest BCUT2D eigenvalue weighted by Crippen LogP contribution is 2.46.